The van der Waals surface area contributed by atoms with E-state index in [1.807, 2.05) is 32.0 Å². The predicted molar refractivity (Wildman–Crippen MR) is 117 cm³/mol. The van der Waals surface area contributed by atoms with Crippen LogP contribution in [0, 0.1) is 19.7 Å². The van der Waals surface area contributed by atoms with Crippen molar-refractivity contribution in [3.63, 3.8) is 0 Å². The molecule has 0 aliphatic carbocycles. The fourth-order valence-electron chi connectivity index (χ4n) is 3.34. The first kappa shape index (κ1) is 23.5. The third kappa shape index (κ3) is 5.53. The third-order valence-corrected chi connectivity index (χ3v) is 5.47. The summed E-state index contributed by atoms with van der Waals surface area (Å²) in [5.74, 6) is -0.812. The largest absolute Gasteiger partial charge is 0.416 e. The molecule has 3 rings (SSSR count). The lowest BCUT2D eigenvalue weighted by Gasteiger charge is -2.27. The molecule has 0 aliphatic heterocycles. The van der Waals surface area contributed by atoms with Gasteiger partial charge >= 0.3 is 6.18 Å². The minimum Gasteiger partial charge on any atom is -0.316 e. The van der Waals surface area contributed by atoms with Gasteiger partial charge in [-0.1, -0.05) is 30.3 Å². The molecule has 0 aliphatic rings. The maximum absolute atomic E-state index is 13.3. The number of nitrogens with zero attached hydrogens (tertiary/aromatic N) is 1. The van der Waals surface area contributed by atoms with E-state index in [0.29, 0.717) is 23.2 Å². The molecule has 0 radical (unpaired) electrons. The number of alkyl halides is 3. The lowest BCUT2D eigenvalue weighted by atomic mass is 10.0. The van der Waals surface area contributed by atoms with Gasteiger partial charge in [-0.25, -0.2) is 4.39 Å². The van der Waals surface area contributed by atoms with Gasteiger partial charge in [0, 0.05) is 12.2 Å². The van der Waals surface area contributed by atoms with Crippen molar-refractivity contribution in [2.75, 3.05) is 11.4 Å². The number of nitrogens with two attached hydrogens (primary N) is 1. The van der Waals surface area contributed by atoms with E-state index in [1.165, 1.54) is 41.3 Å². The van der Waals surface area contributed by atoms with Crippen molar-refractivity contribution in [3.8, 4) is 0 Å². The molecule has 0 spiro atoms. The molecule has 1 amide bonds. The molecule has 3 aromatic carbocycles. The molecule has 32 heavy (non-hydrogen) atoms. The summed E-state index contributed by atoms with van der Waals surface area (Å²) in [6.45, 7) is 4.11. The summed E-state index contributed by atoms with van der Waals surface area (Å²) >= 11 is 0. The number of amides is 1. The highest BCUT2D eigenvalue weighted by Gasteiger charge is 2.30. The Kier molecular flexibility index (Phi) is 6.99. The molecular formula is C25H24F4N2O. The van der Waals surface area contributed by atoms with Crippen molar-refractivity contribution < 1.29 is 22.4 Å². The van der Waals surface area contributed by atoms with Crippen molar-refractivity contribution >= 4 is 11.6 Å². The average molecular weight is 444 g/mol. The van der Waals surface area contributed by atoms with Crippen molar-refractivity contribution in [1.29, 1.82) is 0 Å². The van der Waals surface area contributed by atoms with E-state index in [9.17, 15) is 22.4 Å². The van der Waals surface area contributed by atoms with Crippen LogP contribution in [0.1, 0.15) is 33.9 Å². The van der Waals surface area contributed by atoms with Crippen LogP contribution in [-0.4, -0.2) is 12.5 Å². The minimum atomic E-state index is -4.40. The van der Waals surface area contributed by atoms with Gasteiger partial charge in [0.2, 0.25) is 5.91 Å². The zero-order valence-corrected chi connectivity index (χ0v) is 17.8. The zero-order chi connectivity index (χ0) is 23.5. The van der Waals surface area contributed by atoms with E-state index in [1.54, 1.807) is 0 Å². The smallest absolute Gasteiger partial charge is 0.316 e. The summed E-state index contributed by atoms with van der Waals surface area (Å²) in [7, 11) is 0. The quantitative estimate of drug-likeness (QED) is 0.493. The van der Waals surface area contributed by atoms with Crippen LogP contribution < -0.4 is 10.6 Å². The van der Waals surface area contributed by atoms with Crippen molar-refractivity contribution in [2.24, 2.45) is 5.73 Å². The SMILES string of the molecule is Cc1ccc(N(CCc2ccc(C(F)(F)F)cc2)C(=O)[C@H](N)c2ccc(F)cc2)cc1C. The molecular weight excluding hydrogens is 420 g/mol. The summed E-state index contributed by atoms with van der Waals surface area (Å²) in [4.78, 5) is 14.8. The normalized spacial score (nSPS) is 12.5. The third-order valence-electron chi connectivity index (χ3n) is 5.47. The zero-order valence-electron chi connectivity index (χ0n) is 17.8. The highest BCUT2D eigenvalue weighted by molar-refractivity contribution is 5.97. The van der Waals surface area contributed by atoms with E-state index in [4.69, 9.17) is 5.73 Å². The first-order chi connectivity index (χ1) is 15.1. The van der Waals surface area contributed by atoms with Crippen molar-refractivity contribution in [3.05, 3.63) is 100 Å². The summed E-state index contributed by atoms with van der Waals surface area (Å²) < 4.78 is 51.7. The summed E-state index contributed by atoms with van der Waals surface area (Å²) in [5.41, 5.74) is 9.30. The number of hydrogen-bond acceptors (Lipinski definition) is 2. The van der Waals surface area contributed by atoms with Crippen molar-refractivity contribution in [1.82, 2.24) is 0 Å². The van der Waals surface area contributed by atoms with Crippen LogP contribution in [0.15, 0.2) is 66.7 Å². The number of rotatable bonds is 6. The number of halogens is 4. The predicted octanol–water partition coefficient (Wildman–Crippen LogP) is 5.74. The standard InChI is InChI=1S/C25H24F4N2O/c1-16-3-12-22(15-17(16)2)31(24(32)23(30)19-6-10-21(26)11-7-19)14-13-18-4-8-20(9-5-18)25(27,28)29/h3-12,15,23H,13-14,30H2,1-2H3/t23-/m1/s1. The molecule has 7 heteroatoms. The monoisotopic (exact) mass is 444 g/mol. The highest BCUT2D eigenvalue weighted by Crippen LogP contribution is 2.29. The van der Waals surface area contributed by atoms with Gasteiger partial charge in [0.05, 0.1) is 5.56 Å². The van der Waals surface area contributed by atoms with E-state index >= 15 is 0 Å². The fourth-order valence-corrected chi connectivity index (χ4v) is 3.34. The van der Waals surface area contributed by atoms with Gasteiger partial charge in [0.25, 0.3) is 0 Å². The summed E-state index contributed by atoms with van der Waals surface area (Å²) in [6, 6.07) is 14.9. The number of carbonyl (C=O) groups is 1. The Morgan fingerprint density at radius 1 is 0.938 bits per heavy atom. The number of anilines is 1. The first-order valence-corrected chi connectivity index (χ1v) is 10.1. The molecule has 1 atom stereocenters. The van der Waals surface area contributed by atoms with Crippen LogP contribution in [0.4, 0.5) is 23.2 Å². The van der Waals surface area contributed by atoms with Gasteiger partial charge in [0.15, 0.2) is 0 Å². The molecule has 0 saturated heterocycles. The topological polar surface area (TPSA) is 46.3 Å². The Labute approximate surface area is 184 Å². The Morgan fingerprint density at radius 2 is 1.56 bits per heavy atom. The number of carbonyl (C=O) groups excluding carboxylic acids is 1. The fraction of sp³-hybridized carbons (Fsp3) is 0.240. The molecule has 168 valence electrons. The van der Waals surface area contributed by atoms with Crippen LogP contribution in [0.25, 0.3) is 0 Å². The van der Waals surface area contributed by atoms with Gasteiger partial charge in [0.1, 0.15) is 11.9 Å². The van der Waals surface area contributed by atoms with E-state index in [2.05, 4.69) is 0 Å². The molecule has 0 saturated carbocycles. The van der Waals surface area contributed by atoms with Gasteiger partial charge < -0.3 is 10.6 Å². The molecule has 2 N–H and O–H groups in total. The van der Waals surface area contributed by atoms with Crippen LogP contribution >= 0.6 is 0 Å². The van der Waals surface area contributed by atoms with Crippen LogP contribution in [0.3, 0.4) is 0 Å². The van der Waals surface area contributed by atoms with Gasteiger partial charge in [-0.3, -0.25) is 4.79 Å². The van der Waals surface area contributed by atoms with Gasteiger partial charge in [-0.2, -0.15) is 13.2 Å². The van der Waals surface area contributed by atoms with Crippen LogP contribution in [0.5, 0.6) is 0 Å². The second-order valence-corrected chi connectivity index (χ2v) is 7.73. The highest BCUT2D eigenvalue weighted by atomic mass is 19.4. The molecule has 3 aromatic rings. The lowest BCUT2D eigenvalue weighted by Crippen LogP contribution is -2.40. The molecule has 3 nitrogen and oxygen atoms in total. The average Bonchev–Trinajstić information content (AvgIpc) is 2.76. The Morgan fingerprint density at radius 3 is 2.12 bits per heavy atom. The Hall–Kier alpha value is -3.19. The minimum absolute atomic E-state index is 0.224. The van der Waals surface area contributed by atoms with Crippen LogP contribution in [-0.2, 0) is 17.4 Å². The van der Waals surface area contributed by atoms with Crippen molar-refractivity contribution in [2.45, 2.75) is 32.5 Å². The van der Waals surface area contributed by atoms with E-state index in [-0.39, 0.29) is 12.5 Å². The lowest BCUT2D eigenvalue weighted by molar-refractivity contribution is -0.137. The van der Waals surface area contributed by atoms with Crippen LogP contribution in [0.2, 0.25) is 0 Å². The first-order valence-electron chi connectivity index (χ1n) is 10.1. The number of aryl methyl sites for hydroxylation is 2. The van der Waals surface area contributed by atoms with E-state index < -0.39 is 23.6 Å². The summed E-state index contributed by atoms with van der Waals surface area (Å²) in [5, 5.41) is 0. The maximum Gasteiger partial charge on any atom is 0.416 e. The molecule has 0 unspecified atom stereocenters. The second kappa shape index (κ2) is 9.53. The Bertz CT molecular complexity index is 1080. The molecule has 0 aromatic heterocycles. The molecule has 0 bridgehead atoms. The maximum atomic E-state index is 13.3. The Balaban J connectivity index is 1.86. The van der Waals surface area contributed by atoms with Gasteiger partial charge in [-0.15, -0.1) is 0 Å². The summed E-state index contributed by atoms with van der Waals surface area (Å²) in [6.07, 6.45) is -4.06. The molecule has 0 fully saturated rings. The number of benzene rings is 3. The van der Waals surface area contributed by atoms with E-state index in [0.717, 1.165) is 23.3 Å². The van der Waals surface area contributed by atoms with Gasteiger partial charge in [-0.05, 0) is 78.9 Å². The molecule has 0 heterocycles. The number of hydrogen-bond donors (Lipinski definition) is 1. The second-order valence-electron chi connectivity index (χ2n) is 7.73.